The molecule has 28 heavy (non-hydrogen) atoms. The molecular weight excluding hydrogens is 352 g/mol. The SMILES string of the molecule is Cc1ccc([C@@H](C)C(=O)NCCn2nc([C@@H]3CCNC3)c3nccnc32)cc1. The average Bonchev–Trinajstić information content (AvgIpc) is 3.36. The number of nitrogens with zero attached hydrogens (tertiary/aromatic N) is 4. The molecule has 146 valence electrons. The molecule has 7 nitrogen and oxygen atoms in total. The Bertz CT molecular complexity index is 959. The zero-order valence-electron chi connectivity index (χ0n) is 16.4. The molecule has 1 aliphatic rings. The van der Waals surface area contributed by atoms with Crippen LogP contribution in [0.4, 0.5) is 0 Å². The van der Waals surface area contributed by atoms with Gasteiger partial charge < -0.3 is 10.6 Å². The molecule has 1 aromatic carbocycles. The molecule has 4 rings (SSSR count). The zero-order chi connectivity index (χ0) is 19.5. The summed E-state index contributed by atoms with van der Waals surface area (Å²) in [4.78, 5) is 21.5. The summed E-state index contributed by atoms with van der Waals surface area (Å²) in [6, 6.07) is 8.09. The van der Waals surface area contributed by atoms with Crippen LogP contribution in [0.1, 0.15) is 42.0 Å². The van der Waals surface area contributed by atoms with E-state index < -0.39 is 0 Å². The first-order chi connectivity index (χ1) is 13.6. The van der Waals surface area contributed by atoms with Crippen LogP contribution in [0, 0.1) is 6.92 Å². The lowest BCUT2D eigenvalue weighted by Crippen LogP contribution is -2.31. The maximum atomic E-state index is 12.5. The molecule has 7 heteroatoms. The van der Waals surface area contributed by atoms with Gasteiger partial charge in [-0.3, -0.25) is 4.79 Å². The van der Waals surface area contributed by atoms with Crippen LogP contribution in [0.5, 0.6) is 0 Å². The number of carbonyl (C=O) groups excluding carboxylic acids is 1. The summed E-state index contributed by atoms with van der Waals surface area (Å²) in [5, 5.41) is 11.2. The quantitative estimate of drug-likeness (QED) is 0.686. The highest BCUT2D eigenvalue weighted by molar-refractivity contribution is 5.83. The van der Waals surface area contributed by atoms with Crippen molar-refractivity contribution >= 4 is 17.1 Å². The highest BCUT2D eigenvalue weighted by Crippen LogP contribution is 2.26. The topological polar surface area (TPSA) is 84.7 Å². The second-order valence-electron chi connectivity index (χ2n) is 7.45. The Morgan fingerprint density at radius 2 is 2.07 bits per heavy atom. The number of aryl methyl sites for hydroxylation is 1. The fraction of sp³-hybridized carbons (Fsp3) is 0.429. The third-order valence-corrected chi connectivity index (χ3v) is 5.43. The monoisotopic (exact) mass is 378 g/mol. The number of fused-ring (bicyclic) bond motifs is 1. The number of aromatic nitrogens is 4. The summed E-state index contributed by atoms with van der Waals surface area (Å²) in [6.07, 6.45) is 4.47. The molecule has 2 atom stereocenters. The number of rotatable bonds is 6. The minimum absolute atomic E-state index is 0.0200. The number of benzene rings is 1. The molecule has 0 aliphatic carbocycles. The van der Waals surface area contributed by atoms with Crippen molar-refractivity contribution in [2.45, 2.75) is 38.6 Å². The molecule has 3 aromatic rings. The molecule has 0 unspecified atom stereocenters. The molecule has 0 radical (unpaired) electrons. The van der Waals surface area contributed by atoms with Crippen molar-refractivity contribution in [3.8, 4) is 0 Å². The van der Waals surface area contributed by atoms with E-state index in [4.69, 9.17) is 5.10 Å². The van der Waals surface area contributed by atoms with Gasteiger partial charge in [0, 0.05) is 31.4 Å². The normalized spacial score (nSPS) is 17.7. The molecule has 0 spiro atoms. The zero-order valence-corrected chi connectivity index (χ0v) is 16.4. The first-order valence-electron chi connectivity index (χ1n) is 9.86. The van der Waals surface area contributed by atoms with Crippen molar-refractivity contribution in [3.05, 3.63) is 53.5 Å². The largest absolute Gasteiger partial charge is 0.354 e. The molecule has 0 bridgehead atoms. The van der Waals surface area contributed by atoms with Gasteiger partial charge in [-0.05, 0) is 32.4 Å². The Morgan fingerprint density at radius 1 is 1.29 bits per heavy atom. The van der Waals surface area contributed by atoms with Crippen molar-refractivity contribution in [1.29, 1.82) is 0 Å². The number of hydrogen-bond acceptors (Lipinski definition) is 5. The Kier molecular flexibility index (Phi) is 5.34. The van der Waals surface area contributed by atoms with Crippen molar-refractivity contribution in [2.24, 2.45) is 0 Å². The summed E-state index contributed by atoms with van der Waals surface area (Å²) >= 11 is 0. The van der Waals surface area contributed by atoms with Crippen LogP contribution in [0.3, 0.4) is 0 Å². The third kappa shape index (κ3) is 3.75. The van der Waals surface area contributed by atoms with Gasteiger partial charge in [0.05, 0.1) is 18.2 Å². The van der Waals surface area contributed by atoms with Crippen LogP contribution >= 0.6 is 0 Å². The summed E-state index contributed by atoms with van der Waals surface area (Å²) in [5.74, 6) is 0.207. The minimum atomic E-state index is -0.185. The van der Waals surface area contributed by atoms with Crippen LogP contribution in [-0.2, 0) is 11.3 Å². The molecule has 1 fully saturated rings. The van der Waals surface area contributed by atoms with Gasteiger partial charge >= 0.3 is 0 Å². The van der Waals surface area contributed by atoms with Crippen LogP contribution < -0.4 is 10.6 Å². The summed E-state index contributed by atoms with van der Waals surface area (Å²) in [5.41, 5.74) is 4.87. The van der Waals surface area contributed by atoms with Gasteiger partial charge in [-0.15, -0.1) is 0 Å². The van der Waals surface area contributed by atoms with Crippen molar-refractivity contribution in [2.75, 3.05) is 19.6 Å². The summed E-state index contributed by atoms with van der Waals surface area (Å²) in [7, 11) is 0. The van der Waals surface area contributed by atoms with E-state index in [0.717, 1.165) is 41.9 Å². The maximum absolute atomic E-state index is 12.5. The predicted octanol–water partition coefficient (Wildman–Crippen LogP) is 2.13. The van der Waals surface area contributed by atoms with Crippen molar-refractivity contribution < 1.29 is 4.79 Å². The summed E-state index contributed by atoms with van der Waals surface area (Å²) < 4.78 is 1.87. The van der Waals surface area contributed by atoms with Crippen molar-refractivity contribution in [3.63, 3.8) is 0 Å². The predicted molar refractivity (Wildman–Crippen MR) is 108 cm³/mol. The van der Waals surface area contributed by atoms with E-state index in [1.165, 1.54) is 5.56 Å². The molecule has 1 aliphatic heterocycles. The molecular formula is C21H26N6O. The lowest BCUT2D eigenvalue weighted by Gasteiger charge is -2.13. The van der Waals surface area contributed by atoms with Gasteiger partial charge in [0.15, 0.2) is 5.65 Å². The van der Waals surface area contributed by atoms with Crippen molar-refractivity contribution in [1.82, 2.24) is 30.4 Å². The van der Waals surface area contributed by atoms with Gasteiger partial charge in [0.1, 0.15) is 5.52 Å². The van der Waals surface area contributed by atoms with Gasteiger partial charge in [0.25, 0.3) is 0 Å². The molecule has 1 amide bonds. The second kappa shape index (κ2) is 8.06. The van der Waals surface area contributed by atoms with E-state index in [2.05, 4.69) is 20.6 Å². The summed E-state index contributed by atoms with van der Waals surface area (Å²) in [6.45, 7) is 6.98. The third-order valence-electron chi connectivity index (χ3n) is 5.43. The lowest BCUT2D eigenvalue weighted by atomic mass is 9.99. The van der Waals surface area contributed by atoms with E-state index in [1.807, 2.05) is 42.8 Å². The number of amides is 1. The fourth-order valence-electron chi connectivity index (χ4n) is 3.69. The van der Waals surface area contributed by atoms with Crippen LogP contribution in [-0.4, -0.2) is 45.3 Å². The Labute approximate surface area is 164 Å². The Hall–Kier alpha value is -2.80. The second-order valence-corrected chi connectivity index (χ2v) is 7.45. The highest BCUT2D eigenvalue weighted by Gasteiger charge is 2.24. The van der Waals surface area contributed by atoms with Crippen LogP contribution in [0.25, 0.3) is 11.2 Å². The fourth-order valence-corrected chi connectivity index (χ4v) is 3.69. The van der Waals surface area contributed by atoms with E-state index in [-0.39, 0.29) is 11.8 Å². The molecule has 1 saturated heterocycles. The van der Waals surface area contributed by atoms with Crippen LogP contribution in [0.2, 0.25) is 0 Å². The maximum Gasteiger partial charge on any atom is 0.227 e. The van der Waals surface area contributed by atoms with E-state index in [0.29, 0.717) is 19.0 Å². The Morgan fingerprint density at radius 3 is 2.82 bits per heavy atom. The number of nitrogens with one attached hydrogen (secondary N) is 2. The molecule has 3 heterocycles. The number of hydrogen-bond donors (Lipinski definition) is 2. The van der Waals surface area contributed by atoms with Crippen LogP contribution in [0.15, 0.2) is 36.7 Å². The van der Waals surface area contributed by atoms with E-state index in [1.54, 1.807) is 12.4 Å². The lowest BCUT2D eigenvalue weighted by molar-refractivity contribution is -0.122. The molecule has 2 aromatic heterocycles. The van der Waals surface area contributed by atoms with Gasteiger partial charge in [-0.1, -0.05) is 29.8 Å². The van der Waals surface area contributed by atoms with E-state index in [9.17, 15) is 4.79 Å². The first-order valence-corrected chi connectivity index (χ1v) is 9.86. The minimum Gasteiger partial charge on any atom is -0.354 e. The Balaban J connectivity index is 1.43. The van der Waals surface area contributed by atoms with Gasteiger partial charge in [0.2, 0.25) is 5.91 Å². The number of carbonyl (C=O) groups is 1. The van der Waals surface area contributed by atoms with E-state index >= 15 is 0 Å². The highest BCUT2D eigenvalue weighted by atomic mass is 16.1. The standard InChI is InChI=1S/C21H26N6O/c1-14-3-5-16(6-4-14)15(2)21(28)25-11-12-27-20-19(23-9-10-24-20)18(26-27)17-7-8-22-13-17/h3-6,9-10,15,17,22H,7-8,11-13H2,1-2H3,(H,25,28)/t15-,17-/m1/s1. The first kappa shape index (κ1) is 18.6. The van der Waals surface area contributed by atoms with Gasteiger partial charge in [-0.2, -0.15) is 5.10 Å². The molecule has 2 N–H and O–H groups in total. The van der Waals surface area contributed by atoms with Gasteiger partial charge in [-0.25, -0.2) is 14.6 Å². The average molecular weight is 378 g/mol. The smallest absolute Gasteiger partial charge is 0.227 e. The molecule has 0 saturated carbocycles.